The minimum atomic E-state index is -1.16. The van der Waals surface area contributed by atoms with Gasteiger partial charge in [-0.05, 0) is 18.4 Å². The lowest BCUT2D eigenvalue weighted by Gasteiger charge is -2.32. The summed E-state index contributed by atoms with van der Waals surface area (Å²) in [4.78, 5) is 4.57. The molecule has 0 unspecified atom stereocenters. The molecule has 0 bridgehead atoms. The average Bonchev–Trinajstić information content (AvgIpc) is 3.41. The molecule has 1 aliphatic rings. The molecular formula is C25H31N2O2+. The van der Waals surface area contributed by atoms with Gasteiger partial charge in [-0.3, -0.25) is 0 Å². The normalized spacial score (nSPS) is 17.3. The van der Waals surface area contributed by atoms with E-state index >= 15 is 0 Å². The number of nitrogens with zero attached hydrogens (tertiary/aromatic N) is 2. The van der Waals surface area contributed by atoms with Gasteiger partial charge >= 0.3 is 0 Å². The number of hydrogen-bond acceptors (Lipinski definition) is 3. The van der Waals surface area contributed by atoms with E-state index in [4.69, 9.17) is 4.42 Å². The molecule has 152 valence electrons. The maximum Gasteiger partial charge on any atom is 0.231 e. The highest BCUT2D eigenvalue weighted by Gasteiger charge is 2.45. The van der Waals surface area contributed by atoms with E-state index < -0.39 is 5.60 Å². The zero-order chi connectivity index (χ0) is 20.3. The van der Waals surface area contributed by atoms with Crippen LogP contribution < -0.4 is 0 Å². The van der Waals surface area contributed by atoms with Crippen LogP contribution in [-0.4, -0.2) is 28.7 Å². The van der Waals surface area contributed by atoms with Crippen LogP contribution in [0.5, 0.6) is 0 Å². The minimum Gasteiger partial charge on any atom is -0.436 e. The molecule has 0 aliphatic heterocycles. The van der Waals surface area contributed by atoms with Crippen molar-refractivity contribution in [3.8, 4) is 0 Å². The fraction of sp³-hybridized carbons (Fsp3) is 0.400. The van der Waals surface area contributed by atoms with Crippen molar-refractivity contribution in [3.63, 3.8) is 0 Å². The number of aliphatic hydroxyl groups is 1. The van der Waals surface area contributed by atoms with Crippen molar-refractivity contribution >= 4 is 0 Å². The van der Waals surface area contributed by atoms with Crippen LogP contribution in [0.1, 0.15) is 48.5 Å². The molecule has 4 heteroatoms. The highest BCUT2D eigenvalue weighted by atomic mass is 16.4. The van der Waals surface area contributed by atoms with E-state index in [1.54, 1.807) is 6.20 Å². The number of oxazole rings is 1. The molecule has 0 spiro atoms. The van der Waals surface area contributed by atoms with Crippen molar-refractivity contribution in [2.24, 2.45) is 5.92 Å². The predicted octanol–water partition coefficient (Wildman–Crippen LogP) is 4.88. The maximum absolute atomic E-state index is 11.8. The van der Waals surface area contributed by atoms with Crippen molar-refractivity contribution in [2.45, 2.75) is 44.4 Å². The summed E-state index contributed by atoms with van der Waals surface area (Å²) in [5.41, 5.74) is 1.01. The van der Waals surface area contributed by atoms with Crippen LogP contribution in [-0.2, 0) is 18.7 Å². The lowest BCUT2D eigenvalue weighted by molar-refractivity contribution is -0.917. The van der Waals surface area contributed by atoms with Crippen molar-refractivity contribution < 1.29 is 14.0 Å². The quantitative estimate of drug-likeness (QED) is 0.584. The summed E-state index contributed by atoms with van der Waals surface area (Å²) >= 11 is 0. The van der Waals surface area contributed by atoms with Gasteiger partial charge in [0, 0.05) is 11.5 Å². The van der Waals surface area contributed by atoms with Gasteiger partial charge in [0.05, 0.1) is 20.3 Å². The van der Waals surface area contributed by atoms with E-state index in [9.17, 15) is 5.11 Å². The summed E-state index contributed by atoms with van der Waals surface area (Å²) in [5, 5.41) is 11.8. The first-order chi connectivity index (χ1) is 14.0. The molecule has 3 aromatic rings. The summed E-state index contributed by atoms with van der Waals surface area (Å²) in [5.74, 6) is 1.39. The second-order valence-corrected chi connectivity index (χ2v) is 8.98. The van der Waals surface area contributed by atoms with Crippen molar-refractivity contribution in [3.05, 3.63) is 89.6 Å². The molecule has 2 aromatic carbocycles. The Kier molecular flexibility index (Phi) is 5.57. The van der Waals surface area contributed by atoms with Crippen LogP contribution in [0.4, 0.5) is 0 Å². The van der Waals surface area contributed by atoms with E-state index in [-0.39, 0.29) is 5.92 Å². The zero-order valence-electron chi connectivity index (χ0n) is 17.4. The predicted molar refractivity (Wildman–Crippen MR) is 114 cm³/mol. The van der Waals surface area contributed by atoms with E-state index in [2.05, 4.69) is 43.3 Å². The van der Waals surface area contributed by atoms with Gasteiger partial charge in [-0.15, -0.1) is 0 Å². The molecule has 1 saturated carbocycles. The van der Waals surface area contributed by atoms with E-state index in [1.165, 1.54) is 5.56 Å². The highest BCUT2D eigenvalue weighted by molar-refractivity contribution is 5.30. The smallest absolute Gasteiger partial charge is 0.231 e. The molecule has 0 radical (unpaired) electrons. The standard InChI is InChI=1S/C25H31N2O2/c1-27(2,18-20-11-5-3-6-12-20)19-23-17-26-24(29-23)25(28,22-15-9-10-16-22)21-13-7-4-8-14-21/h3-8,11-14,17,22,28H,9-10,15-16,18-19H2,1-2H3/q+1/t25-/m0/s1. The molecule has 1 fully saturated rings. The summed E-state index contributed by atoms with van der Waals surface area (Å²) < 4.78 is 6.97. The van der Waals surface area contributed by atoms with E-state index in [0.717, 1.165) is 54.6 Å². The largest absolute Gasteiger partial charge is 0.436 e. The Morgan fingerprint density at radius 3 is 2.24 bits per heavy atom. The van der Waals surface area contributed by atoms with Gasteiger partial charge in [0.1, 0.15) is 13.1 Å². The van der Waals surface area contributed by atoms with Gasteiger partial charge in [-0.2, -0.15) is 0 Å². The van der Waals surface area contributed by atoms with Crippen LogP contribution in [0.2, 0.25) is 0 Å². The van der Waals surface area contributed by atoms with Gasteiger partial charge in [0.2, 0.25) is 5.89 Å². The fourth-order valence-corrected chi connectivity index (χ4v) is 4.68. The van der Waals surface area contributed by atoms with Crippen molar-refractivity contribution in [1.82, 2.24) is 4.98 Å². The first-order valence-corrected chi connectivity index (χ1v) is 10.6. The monoisotopic (exact) mass is 391 g/mol. The Hall–Kier alpha value is -2.43. The molecular weight excluding hydrogens is 360 g/mol. The Balaban J connectivity index is 1.59. The number of hydrogen-bond donors (Lipinski definition) is 1. The average molecular weight is 392 g/mol. The summed E-state index contributed by atoms with van der Waals surface area (Å²) in [6.07, 6.45) is 6.09. The Labute approximate surface area is 173 Å². The first kappa shape index (κ1) is 19.9. The van der Waals surface area contributed by atoms with Gasteiger partial charge in [-0.1, -0.05) is 73.5 Å². The summed E-state index contributed by atoms with van der Waals surface area (Å²) in [6, 6.07) is 20.4. The number of aromatic nitrogens is 1. The summed E-state index contributed by atoms with van der Waals surface area (Å²) in [7, 11) is 4.38. The number of rotatable bonds is 7. The third kappa shape index (κ3) is 4.29. The lowest BCUT2D eigenvalue weighted by atomic mass is 9.80. The Bertz CT molecular complexity index is 914. The van der Waals surface area contributed by atoms with Gasteiger partial charge in [0.15, 0.2) is 11.4 Å². The molecule has 1 heterocycles. The second-order valence-electron chi connectivity index (χ2n) is 8.98. The summed E-state index contributed by atoms with van der Waals surface area (Å²) in [6.45, 7) is 1.62. The van der Waals surface area contributed by atoms with Gasteiger partial charge in [-0.25, -0.2) is 4.98 Å². The van der Waals surface area contributed by atoms with Gasteiger partial charge < -0.3 is 14.0 Å². The van der Waals surface area contributed by atoms with Crippen LogP contribution in [0.15, 0.2) is 71.3 Å². The SMILES string of the molecule is C[N+](C)(Cc1ccccc1)Cc1cnc([C@](O)(c2ccccc2)C2CCCC2)o1. The van der Waals surface area contributed by atoms with Crippen LogP contribution >= 0.6 is 0 Å². The Morgan fingerprint density at radius 2 is 1.59 bits per heavy atom. The fourth-order valence-electron chi connectivity index (χ4n) is 4.68. The highest BCUT2D eigenvalue weighted by Crippen LogP contribution is 2.44. The molecule has 0 amide bonds. The Morgan fingerprint density at radius 1 is 0.966 bits per heavy atom. The molecule has 4 rings (SSSR count). The molecule has 4 nitrogen and oxygen atoms in total. The van der Waals surface area contributed by atoms with Crippen LogP contribution in [0.25, 0.3) is 0 Å². The maximum atomic E-state index is 11.8. The second kappa shape index (κ2) is 8.13. The van der Waals surface area contributed by atoms with E-state index in [0.29, 0.717) is 5.89 Å². The molecule has 29 heavy (non-hydrogen) atoms. The number of quaternary nitrogens is 1. The molecule has 0 saturated heterocycles. The molecule has 1 N–H and O–H groups in total. The van der Waals surface area contributed by atoms with Crippen molar-refractivity contribution in [1.29, 1.82) is 0 Å². The molecule has 1 aliphatic carbocycles. The lowest BCUT2D eigenvalue weighted by Crippen LogP contribution is -2.37. The molecule has 1 aromatic heterocycles. The zero-order valence-corrected chi connectivity index (χ0v) is 17.4. The van der Waals surface area contributed by atoms with Gasteiger partial charge in [0.25, 0.3) is 0 Å². The minimum absolute atomic E-state index is 0.142. The van der Waals surface area contributed by atoms with Crippen LogP contribution in [0, 0.1) is 5.92 Å². The first-order valence-electron chi connectivity index (χ1n) is 10.6. The third-order valence-electron chi connectivity index (χ3n) is 6.08. The molecule has 1 atom stereocenters. The third-order valence-corrected chi connectivity index (χ3v) is 6.08. The van der Waals surface area contributed by atoms with Crippen LogP contribution in [0.3, 0.4) is 0 Å². The van der Waals surface area contributed by atoms with Crippen molar-refractivity contribution in [2.75, 3.05) is 14.1 Å². The number of benzene rings is 2. The topological polar surface area (TPSA) is 46.3 Å². The van der Waals surface area contributed by atoms with E-state index in [1.807, 2.05) is 36.4 Å².